The number of carbonyl (C=O) groups is 3. The van der Waals surface area contributed by atoms with Crippen LogP contribution in [0.3, 0.4) is 0 Å². The van der Waals surface area contributed by atoms with E-state index in [9.17, 15) is 14.4 Å². The average molecular weight is 505 g/mol. The molecule has 0 N–H and O–H groups in total. The monoisotopic (exact) mass is 504 g/mol. The summed E-state index contributed by atoms with van der Waals surface area (Å²) >= 11 is 0. The zero-order valence-corrected chi connectivity index (χ0v) is 24.3. The summed E-state index contributed by atoms with van der Waals surface area (Å²) in [5.74, 6) is -0.688. The van der Waals surface area contributed by atoms with Crippen molar-refractivity contribution in [3.8, 4) is 11.1 Å². The van der Waals surface area contributed by atoms with Crippen molar-refractivity contribution >= 4 is 17.7 Å². The van der Waals surface area contributed by atoms with Gasteiger partial charge in [-0.3, -0.25) is 19.3 Å². The van der Waals surface area contributed by atoms with E-state index in [4.69, 9.17) is 0 Å². The lowest BCUT2D eigenvalue weighted by atomic mass is 9.94. The van der Waals surface area contributed by atoms with E-state index in [0.717, 1.165) is 16.7 Å². The summed E-state index contributed by atoms with van der Waals surface area (Å²) in [6, 6.07) is 21.8. The number of hydrogen-bond acceptors (Lipinski definition) is 3. The minimum absolute atomic E-state index is 0.101. The Bertz CT molecular complexity index is 1100. The number of imide groups is 1. The van der Waals surface area contributed by atoms with Gasteiger partial charge in [0, 0.05) is 19.7 Å². The first-order valence-electron chi connectivity index (χ1n) is 13.3. The van der Waals surface area contributed by atoms with Crippen LogP contribution in [0.25, 0.3) is 11.1 Å². The van der Waals surface area contributed by atoms with Crippen LogP contribution < -0.4 is 0 Å². The van der Waals surface area contributed by atoms with Crippen molar-refractivity contribution in [1.29, 1.82) is 0 Å². The summed E-state index contributed by atoms with van der Waals surface area (Å²) in [4.78, 5) is 41.0. The molecule has 0 aliphatic carbocycles. The van der Waals surface area contributed by atoms with Gasteiger partial charge in [0.25, 0.3) is 17.7 Å². The molecule has 0 spiro atoms. The molecule has 1 aliphatic heterocycles. The van der Waals surface area contributed by atoms with Gasteiger partial charge in [0.15, 0.2) is 0 Å². The van der Waals surface area contributed by atoms with Gasteiger partial charge in [0.2, 0.25) is 0 Å². The highest BCUT2D eigenvalue weighted by Crippen LogP contribution is 2.31. The molecule has 0 saturated heterocycles. The van der Waals surface area contributed by atoms with E-state index in [-0.39, 0.29) is 24.3 Å². The third-order valence-electron chi connectivity index (χ3n) is 5.08. The Kier molecular flexibility index (Phi) is 15.9. The van der Waals surface area contributed by atoms with E-state index in [1.807, 2.05) is 97.9 Å². The topological polar surface area (TPSA) is 57.7 Å². The van der Waals surface area contributed by atoms with Gasteiger partial charge in [0.1, 0.15) is 0 Å². The molecule has 1 aliphatic rings. The number of benzene rings is 3. The lowest BCUT2D eigenvalue weighted by Crippen LogP contribution is -2.29. The zero-order valence-electron chi connectivity index (χ0n) is 24.3. The molecule has 0 unspecified atom stereocenters. The van der Waals surface area contributed by atoms with Crippen LogP contribution in [-0.2, 0) is 6.54 Å². The summed E-state index contributed by atoms with van der Waals surface area (Å²) in [6.07, 6.45) is 0. The van der Waals surface area contributed by atoms with Crippen LogP contribution in [0, 0.1) is 0 Å². The maximum absolute atomic E-state index is 12.8. The van der Waals surface area contributed by atoms with Crippen LogP contribution in [0.2, 0.25) is 0 Å². The number of fused-ring (bicyclic) bond motifs is 1. The molecular formula is C32H44N2O3. The van der Waals surface area contributed by atoms with Crippen molar-refractivity contribution in [2.45, 2.75) is 61.9 Å². The molecule has 3 aromatic carbocycles. The normalized spacial score (nSPS) is 10.7. The zero-order chi connectivity index (χ0) is 28.5. The smallest absolute Gasteiger partial charge is 0.261 e. The van der Waals surface area contributed by atoms with Crippen LogP contribution in [0.4, 0.5) is 0 Å². The van der Waals surface area contributed by atoms with Gasteiger partial charge in [-0.2, -0.15) is 0 Å². The van der Waals surface area contributed by atoms with Crippen molar-refractivity contribution in [2.75, 3.05) is 14.1 Å². The molecule has 3 amide bonds. The van der Waals surface area contributed by atoms with Gasteiger partial charge >= 0.3 is 0 Å². The second-order valence-corrected chi connectivity index (χ2v) is 7.14. The van der Waals surface area contributed by atoms with Gasteiger partial charge in [-0.15, -0.1) is 0 Å². The molecule has 3 aromatic rings. The van der Waals surface area contributed by atoms with Gasteiger partial charge in [-0.25, -0.2) is 0 Å². The number of rotatable bonds is 4. The molecule has 5 heteroatoms. The quantitative estimate of drug-likeness (QED) is 0.339. The Morgan fingerprint density at radius 1 is 0.595 bits per heavy atom. The van der Waals surface area contributed by atoms with E-state index >= 15 is 0 Å². The largest absolute Gasteiger partial charge is 0.345 e. The SMILES string of the molecule is CC.CC.CC.CC.CN(C)C(=O)c1ccccc1-c1ccccc1CN1C(=O)c2ccccc2C1=O. The fraction of sp³-hybridized carbons (Fsp3) is 0.344. The van der Waals surface area contributed by atoms with Crippen LogP contribution in [-0.4, -0.2) is 41.6 Å². The van der Waals surface area contributed by atoms with Crippen LogP contribution in [0.5, 0.6) is 0 Å². The minimum atomic E-state index is -0.293. The highest BCUT2D eigenvalue weighted by atomic mass is 16.2. The number of nitrogens with zero attached hydrogens (tertiary/aromatic N) is 2. The molecule has 37 heavy (non-hydrogen) atoms. The van der Waals surface area contributed by atoms with E-state index in [1.165, 1.54) is 9.80 Å². The lowest BCUT2D eigenvalue weighted by Gasteiger charge is -2.19. The minimum Gasteiger partial charge on any atom is -0.345 e. The first kappa shape index (κ1) is 33.3. The predicted molar refractivity (Wildman–Crippen MR) is 156 cm³/mol. The second-order valence-electron chi connectivity index (χ2n) is 7.14. The fourth-order valence-corrected chi connectivity index (χ4v) is 3.62. The molecule has 0 bridgehead atoms. The number of hydrogen-bond donors (Lipinski definition) is 0. The summed E-state index contributed by atoms with van der Waals surface area (Å²) < 4.78 is 0. The van der Waals surface area contributed by atoms with Crippen molar-refractivity contribution in [1.82, 2.24) is 9.80 Å². The molecule has 5 nitrogen and oxygen atoms in total. The molecule has 4 rings (SSSR count). The van der Waals surface area contributed by atoms with Crippen molar-refractivity contribution in [3.05, 3.63) is 95.1 Å². The average Bonchev–Trinajstić information content (AvgIpc) is 3.22. The third-order valence-corrected chi connectivity index (χ3v) is 5.08. The van der Waals surface area contributed by atoms with E-state index in [2.05, 4.69) is 0 Å². The fourth-order valence-electron chi connectivity index (χ4n) is 3.62. The highest BCUT2D eigenvalue weighted by Gasteiger charge is 2.35. The van der Waals surface area contributed by atoms with Crippen molar-refractivity contribution in [3.63, 3.8) is 0 Å². The summed E-state index contributed by atoms with van der Waals surface area (Å²) in [7, 11) is 3.42. The Hall–Kier alpha value is -3.73. The van der Waals surface area contributed by atoms with Gasteiger partial charge in [-0.1, -0.05) is 110 Å². The Morgan fingerprint density at radius 2 is 0.973 bits per heavy atom. The van der Waals surface area contributed by atoms with Crippen molar-refractivity contribution < 1.29 is 14.4 Å². The standard InChI is InChI=1S/C24H20N2O3.4C2H6/c1-25(2)22(27)19-12-6-5-11-18(19)17-10-4-3-9-16(17)15-26-23(28)20-13-7-8-14-21(20)24(26)29;4*1-2/h3-14H,15H2,1-2H3;4*1-2H3. The number of amides is 3. The predicted octanol–water partition coefficient (Wildman–Crippen LogP) is 7.96. The first-order chi connectivity index (χ1) is 18.0. The van der Waals surface area contributed by atoms with Gasteiger partial charge < -0.3 is 4.90 Å². The number of carbonyl (C=O) groups excluding carboxylic acids is 3. The van der Waals surface area contributed by atoms with Crippen LogP contribution >= 0.6 is 0 Å². The summed E-state index contributed by atoms with van der Waals surface area (Å²) in [5.41, 5.74) is 3.85. The van der Waals surface area contributed by atoms with E-state index < -0.39 is 0 Å². The maximum Gasteiger partial charge on any atom is 0.261 e. The molecule has 0 atom stereocenters. The Morgan fingerprint density at radius 3 is 1.43 bits per heavy atom. The molecule has 0 fully saturated rings. The molecule has 1 heterocycles. The van der Waals surface area contributed by atoms with E-state index in [1.54, 1.807) is 44.4 Å². The lowest BCUT2D eigenvalue weighted by molar-refractivity contribution is 0.0642. The van der Waals surface area contributed by atoms with Gasteiger partial charge in [-0.05, 0) is 34.9 Å². The highest BCUT2D eigenvalue weighted by molar-refractivity contribution is 6.21. The maximum atomic E-state index is 12.8. The Labute approximate surface area is 224 Å². The molecule has 0 aromatic heterocycles. The molecular weight excluding hydrogens is 460 g/mol. The summed E-state index contributed by atoms with van der Waals surface area (Å²) in [6.45, 7) is 16.1. The molecule has 0 saturated carbocycles. The molecule has 0 radical (unpaired) electrons. The Balaban J connectivity index is 0.00000148. The van der Waals surface area contributed by atoms with Crippen LogP contribution in [0.1, 0.15) is 92.0 Å². The van der Waals surface area contributed by atoms with Gasteiger partial charge in [0.05, 0.1) is 17.7 Å². The van der Waals surface area contributed by atoms with E-state index in [0.29, 0.717) is 16.7 Å². The second kappa shape index (κ2) is 17.7. The third kappa shape index (κ3) is 7.88. The van der Waals surface area contributed by atoms with Crippen LogP contribution in [0.15, 0.2) is 72.8 Å². The first-order valence-corrected chi connectivity index (χ1v) is 13.3. The van der Waals surface area contributed by atoms with Crippen molar-refractivity contribution in [2.24, 2.45) is 0 Å². The summed E-state index contributed by atoms with van der Waals surface area (Å²) in [5, 5.41) is 0. The molecule has 200 valence electrons.